The summed E-state index contributed by atoms with van der Waals surface area (Å²) in [6, 6.07) is 11.6. The van der Waals surface area contributed by atoms with Gasteiger partial charge in [-0.3, -0.25) is 20.2 Å². The molecule has 0 amide bonds. The van der Waals surface area contributed by atoms with Gasteiger partial charge in [0.05, 0.1) is 49.3 Å². The van der Waals surface area contributed by atoms with E-state index < -0.39 is 33.2 Å². The molecular weight excluding hydrogens is 815 g/mol. The number of carbonyl (C=O) groups is 2. The van der Waals surface area contributed by atoms with E-state index >= 15 is 0 Å². The van der Waals surface area contributed by atoms with E-state index in [0.717, 1.165) is 75.7 Å². The maximum absolute atomic E-state index is 11.9. The standard InChI is InChI=1S/C45H59N7O11/c1-8-14-16-32(10-3)30-62-42-29-39(49-47-37-21-18-34(27-41(37)59-7)50(22-24-60-44(53)12-5)23-25-61-45(54)13-6)43(63-31-33(11-4)17-15-9-2)28-38(42)48-46-36-20-19-35(51(55)56)26-40(36)52(57)58/h12-13,18-21,26-29,32-33H,5-6,8-11,14-17,22-25,30-31H2,1-4,7H3. The molecule has 3 aromatic rings. The van der Waals surface area contributed by atoms with E-state index in [1.165, 1.54) is 13.2 Å². The van der Waals surface area contributed by atoms with Gasteiger partial charge in [0.2, 0.25) is 0 Å². The first-order valence-corrected chi connectivity index (χ1v) is 21.1. The van der Waals surface area contributed by atoms with Gasteiger partial charge >= 0.3 is 17.6 Å². The largest absolute Gasteiger partial charge is 0.494 e. The number of benzene rings is 3. The first-order valence-electron chi connectivity index (χ1n) is 21.1. The van der Waals surface area contributed by atoms with Crippen molar-refractivity contribution in [2.75, 3.05) is 51.5 Å². The highest BCUT2D eigenvalue weighted by molar-refractivity contribution is 5.81. The van der Waals surface area contributed by atoms with Gasteiger partial charge < -0.3 is 28.6 Å². The number of carbonyl (C=O) groups excluding carboxylic acids is 2. The van der Waals surface area contributed by atoms with Gasteiger partial charge in [-0.2, -0.15) is 0 Å². The van der Waals surface area contributed by atoms with Gasteiger partial charge in [-0.1, -0.05) is 79.4 Å². The van der Waals surface area contributed by atoms with Gasteiger partial charge in [-0.25, -0.2) is 9.59 Å². The maximum atomic E-state index is 11.9. The summed E-state index contributed by atoms with van der Waals surface area (Å²) >= 11 is 0. The summed E-state index contributed by atoms with van der Waals surface area (Å²) in [6.07, 6.45) is 9.87. The van der Waals surface area contributed by atoms with Crippen molar-refractivity contribution in [3.63, 3.8) is 0 Å². The number of unbranched alkanes of at least 4 members (excludes halogenated alkanes) is 2. The molecule has 3 rings (SSSR count). The fourth-order valence-electron chi connectivity index (χ4n) is 6.16. The van der Waals surface area contributed by atoms with Crippen LogP contribution in [-0.2, 0) is 19.1 Å². The third kappa shape index (κ3) is 16.6. The van der Waals surface area contributed by atoms with Gasteiger partial charge in [0, 0.05) is 42.1 Å². The van der Waals surface area contributed by atoms with Crippen molar-refractivity contribution in [1.29, 1.82) is 0 Å². The molecule has 63 heavy (non-hydrogen) atoms. The Labute approximate surface area is 368 Å². The summed E-state index contributed by atoms with van der Waals surface area (Å²) in [7, 11) is 1.49. The molecular formula is C45H59N7O11. The second-order valence-corrected chi connectivity index (χ2v) is 14.4. The van der Waals surface area contributed by atoms with Crippen LogP contribution >= 0.6 is 0 Å². The second kappa shape index (κ2) is 27.3. The van der Waals surface area contributed by atoms with E-state index in [9.17, 15) is 29.8 Å². The van der Waals surface area contributed by atoms with E-state index in [1.54, 1.807) is 30.3 Å². The number of esters is 2. The molecule has 0 bridgehead atoms. The van der Waals surface area contributed by atoms with E-state index in [0.29, 0.717) is 41.8 Å². The third-order valence-electron chi connectivity index (χ3n) is 10.0. The number of hydrogen-bond donors (Lipinski definition) is 0. The van der Waals surface area contributed by atoms with Crippen LogP contribution in [0.1, 0.15) is 79.1 Å². The smallest absolute Gasteiger partial charge is 0.330 e. The molecule has 2 unspecified atom stereocenters. The number of azo groups is 2. The molecule has 0 heterocycles. The number of hydrogen-bond acceptors (Lipinski definition) is 16. The van der Waals surface area contributed by atoms with E-state index in [2.05, 4.69) is 61.3 Å². The highest BCUT2D eigenvalue weighted by Gasteiger charge is 2.22. The maximum Gasteiger partial charge on any atom is 0.330 e. The fourth-order valence-corrected chi connectivity index (χ4v) is 6.16. The van der Waals surface area contributed by atoms with Crippen molar-refractivity contribution >= 4 is 51.8 Å². The quantitative estimate of drug-likeness (QED) is 0.0201. The second-order valence-electron chi connectivity index (χ2n) is 14.4. The van der Waals surface area contributed by atoms with Crippen molar-refractivity contribution < 1.29 is 43.1 Å². The number of rotatable bonds is 30. The summed E-state index contributed by atoms with van der Waals surface area (Å²) in [5.41, 5.74) is 0.292. The minimum atomic E-state index is -0.752. The molecule has 2 atom stereocenters. The topological polar surface area (TPSA) is 219 Å². The lowest BCUT2D eigenvalue weighted by atomic mass is 10.0. The van der Waals surface area contributed by atoms with Crippen LogP contribution in [0.15, 0.2) is 94.3 Å². The van der Waals surface area contributed by atoms with Crippen LogP contribution in [0.4, 0.5) is 39.8 Å². The van der Waals surface area contributed by atoms with E-state index in [4.69, 9.17) is 23.7 Å². The SMILES string of the molecule is C=CC(=O)OCCN(CCOC(=O)C=C)c1ccc(N=Nc2cc(OCC(CC)CCCC)c(N=Nc3ccc([N+](=O)[O-])cc3[N+](=O)[O-])cc2OCC(CC)CCCC)c(OC)c1. The van der Waals surface area contributed by atoms with Crippen LogP contribution in [0.3, 0.4) is 0 Å². The average Bonchev–Trinajstić information content (AvgIpc) is 3.29. The molecule has 18 heteroatoms. The lowest BCUT2D eigenvalue weighted by Crippen LogP contribution is -2.32. The first kappa shape index (κ1) is 50.6. The monoisotopic (exact) mass is 873 g/mol. The first-order chi connectivity index (χ1) is 30.4. The van der Waals surface area contributed by atoms with Crippen molar-refractivity contribution in [2.45, 2.75) is 79.1 Å². The molecule has 0 aliphatic carbocycles. The van der Waals surface area contributed by atoms with Crippen molar-refractivity contribution in [3.05, 3.63) is 94.1 Å². The third-order valence-corrected chi connectivity index (χ3v) is 10.0. The lowest BCUT2D eigenvalue weighted by Gasteiger charge is -2.25. The molecule has 0 fully saturated rings. The predicted octanol–water partition coefficient (Wildman–Crippen LogP) is 11.8. The van der Waals surface area contributed by atoms with Gasteiger partial charge in [0.15, 0.2) is 5.69 Å². The number of anilines is 1. The van der Waals surface area contributed by atoms with Crippen LogP contribution in [0.2, 0.25) is 0 Å². The summed E-state index contributed by atoms with van der Waals surface area (Å²) < 4.78 is 29.0. The number of nitrogens with zero attached hydrogens (tertiary/aromatic N) is 7. The Bertz CT molecular complexity index is 2050. The van der Waals surface area contributed by atoms with Crippen LogP contribution in [0.5, 0.6) is 17.2 Å². The van der Waals surface area contributed by atoms with Gasteiger partial charge in [-0.05, 0) is 42.9 Å². The van der Waals surface area contributed by atoms with Crippen LogP contribution < -0.4 is 19.1 Å². The highest BCUT2D eigenvalue weighted by atomic mass is 16.6. The van der Waals surface area contributed by atoms with Gasteiger partial charge in [0.1, 0.15) is 47.5 Å². The number of nitro groups is 2. The zero-order valence-corrected chi connectivity index (χ0v) is 36.9. The normalized spacial score (nSPS) is 12.1. The Morgan fingerprint density at radius 1 is 0.683 bits per heavy atom. The number of methoxy groups -OCH3 is 1. The zero-order chi connectivity index (χ0) is 46.1. The summed E-state index contributed by atoms with van der Waals surface area (Å²) in [5, 5.41) is 41.1. The molecule has 3 aromatic carbocycles. The molecule has 340 valence electrons. The molecule has 0 aliphatic heterocycles. The minimum Gasteiger partial charge on any atom is -0.494 e. The molecule has 0 saturated carbocycles. The number of ether oxygens (including phenoxy) is 5. The summed E-state index contributed by atoms with van der Waals surface area (Å²) in [6.45, 7) is 16.6. The Hall–Kier alpha value is -6.72. The lowest BCUT2D eigenvalue weighted by molar-refractivity contribution is -0.393. The zero-order valence-electron chi connectivity index (χ0n) is 36.9. The fraction of sp³-hybridized carbons (Fsp3) is 0.467. The number of non-ortho nitro benzene ring substituents is 1. The van der Waals surface area contributed by atoms with E-state index in [-0.39, 0.29) is 55.3 Å². The number of nitro benzene ring substituents is 2. The van der Waals surface area contributed by atoms with Crippen molar-refractivity contribution in [1.82, 2.24) is 0 Å². The predicted molar refractivity (Wildman–Crippen MR) is 240 cm³/mol. The Balaban J connectivity index is 2.16. The molecule has 0 aliphatic rings. The molecule has 0 spiro atoms. The molecule has 0 aromatic heterocycles. The molecule has 0 N–H and O–H groups in total. The van der Waals surface area contributed by atoms with E-state index in [1.807, 2.05) is 4.90 Å². The van der Waals surface area contributed by atoms with Gasteiger partial charge in [0.25, 0.3) is 5.69 Å². The Kier molecular flexibility index (Phi) is 21.9. The highest BCUT2D eigenvalue weighted by Crippen LogP contribution is 2.44. The van der Waals surface area contributed by atoms with Crippen LogP contribution in [-0.4, -0.2) is 68.4 Å². The summed E-state index contributed by atoms with van der Waals surface area (Å²) in [5.74, 6) is 0.237. The van der Waals surface area contributed by atoms with Gasteiger partial charge in [-0.15, -0.1) is 20.5 Å². The van der Waals surface area contributed by atoms with Crippen molar-refractivity contribution in [2.24, 2.45) is 32.3 Å². The van der Waals surface area contributed by atoms with Crippen LogP contribution in [0.25, 0.3) is 0 Å². The summed E-state index contributed by atoms with van der Waals surface area (Å²) in [4.78, 5) is 47.1. The Morgan fingerprint density at radius 2 is 1.17 bits per heavy atom. The minimum absolute atomic E-state index is 0.0342. The average molecular weight is 874 g/mol. The van der Waals surface area contributed by atoms with Crippen LogP contribution in [0, 0.1) is 32.1 Å². The molecule has 0 saturated heterocycles. The van der Waals surface area contributed by atoms with Crippen molar-refractivity contribution in [3.8, 4) is 17.2 Å². The molecule has 18 nitrogen and oxygen atoms in total. The molecule has 0 radical (unpaired) electrons. The Morgan fingerprint density at radius 3 is 1.62 bits per heavy atom.